The molecular weight excluding hydrogens is 516 g/mol. The summed E-state index contributed by atoms with van der Waals surface area (Å²) < 4.78 is 40.2. The van der Waals surface area contributed by atoms with E-state index in [9.17, 15) is 27.9 Å². The number of alkyl halides is 3. The molecule has 2 N–H and O–H groups in total. The number of benzene rings is 3. The van der Waals surface area contributed by atoms with Crippen LogP contribution in [0.4, 0.5) is 13.2 Å². The van der Waals surface area contributed by atoms with Crippen LogP contribution in [-0.2, 0) is 17.4 Å². The van der Waals surface area contributed by atoms with E-state index in [0.717, 1.165) is 6.07 Å². The van der Waals surface area contributed by atoms with Crippen molar-refractivity contribution in [1.82, 2.24) is 10.3 Å². The molecule has 0 aliphatic carbocycles. The van der Waals surface area contributed by atoms with Gasteiger partial charge in [0, 0.05) is 17.4 Å². The van der Waals surface area contributed by atoms with E-state index in [-0.39, 0.29) is 33.3 Å². The number of rotatable bonds is 6. The highest BCUT2D eigenvalue weighted by atomic mass is 35.5. The Morgan fingerprint density at radius 3 is 2.31 bits per heavy atom. The number of aliphatic carboxylic acids is 1. The van der Waals surface area contributed by atoms with Crippen molar-refractivity contribution in [1.29, 1.82) is 0 Å². The maximum absolute atomic E-state index is 13.4. The lowest BCUT2D eigenvalue weighted by atomic mass is 10.0. The molecule has 0 fully saturated rings. The Labute approximate surface area is 213 Å². The van der Waals surface area contributed by atoms with Crippen LogP contribution in [-0.4, -0.2) is 28.0 Å². The molecule has 3 aromatic carbocycles. The summed E-state index contributed by atoms with van der Waals surface area (Å²) in [5.74, 6) is -1.99. The van der Waals surface area contributed by atoms with Crippen molar-refractivity contribution in [2.45, 2.75) is 18.6 Å². The molecule has 10 heteroatoms. The number of pyridine rings is 1. The zero-order chi connectivity index (χ0) is 26.0. The molecule has 1 amide bonds. The largest absolute Gasteiger partial charge is 0.480 e. The monoisotopic (exact) mass is 532 g/mol. The van der Waals surface area contributed by atoms with E-state index in [0.29, 0.717) is 16.5 Å². The number of carboxylic acid groups (broad SMARTS) is 1. The van der Waals surface area contributed by atoms with Gasteiger partial charge in [0.15, 0.2) is 0 Å². The third kappa shape index (κ3) is 5.45. The second-order valence-corrected chi connectivity index (χ2v) is 8.75. The Bertz CT molecular complexity index is 1450. The lowest BCUT2D eigenvalue weighted by molar-refractivity contribution is -0.139. The van der Waals surface area contributed by atoms with Gasteiger partial charge in [-0.3, -0.25) is 4.79 Å². The van der Waals surface area contributed by atoms with Crippen molar-refractivity contribution < 1.29 is 27.9 Å². The molecule has 36 heavy (non-hydrogen) atoms. The molecule has 0 spiro atoms. The number of carbonyl (C=O) groups is 2. The summed E-state index contributed by atoms with van der Waals surface area (Å²) in [7, 11) is 0. The molecule has 0 radical (unpaired) electrons. The highest BCUT2D eigenvalue weighted by Gasteiger charge is 2.33. The van der Waals surface area contributed by atoms with Crippen LogP contribution in [0.3, 0.4) is 0 Å². The first-order valence-corrected chi connectivity index (χ1v) is 11.3. The van der Waals surface area contributed by atoms with E-state index in [1.54, 1.807) is 30.3 Å². The molecule has 0 saturated heterocycles. The minimum absolute atomic E-state index is 0.0264. The van der Waals surface area contributed by atoms with Crippen LogP contribution in [0.5, 0.6) is 0 Å². The maximum atomic E-state index is 13.4. The van der Waals surface area contributed by atoms with Crippen molar-refractivity contribution in [3.05, 3.63) is 99.5 Å². The zero-order valence-electron chi connectivity index (χ0n) is 18.3. The van der Waals surface area contributed by atoms with Gasteiger partial charge in [-0.25, -0.2) is 9.78 Å². The molecule has 0 unspecified atom stereocenters. The molecule has 5 nitrogen and oxygen atoms in total. The molecule has 0 aliphatic rings. The minimum Gasteiger partial charge on any atom is -0.480 e. The van der Waals surface area contributed by atoms with Crippen molar-refractivity contribution in [3.63, 3.8) is 0 Å². The van der Waals surface area contributed by atoms with Gasteiger partial charge in [0.2, 0.25) is 0 Å². The average Bonchev–Trinajstić information content (AvgIpc) is 2.82. The van der Waals surface area contributed by atoms with E-state index in [2.05, 4.69) is 10.3 Å². The molecule has 0 saturated carbocycles. The van der Waals surface area contributed by atoms with Gasteiger partial charge in [-0.2, -0.15) is 13.2 Å². The van der Waals surface area contributed by atoms with E-state index in [1.165, 1.54) is 36.4 Å². The third-order valence-corrected chi connectivity index (χ3v) is 6.13. The second-order valence-electron chi connectivity index (χ2n) is 7.93. The number of halogens is 5. The van der Waals surface area contributed by atoms with E-state index in [4.69, 9.17) is 23.2 Å². The fourth-order valence-electron chi connectivity index (χ4n) is 3.79. The number of nitrogens with zero attached hydrogens (tertiary/aromatic N) is 1. The van der Waals surface area contributed by atoms with Gasteiger partial charge < -0.3 is 10.4 Å². The molecule has 1 atom stereocenters. The number of aromatic nitrogens is 1. The second kappa shape index (κ2) is 10.2. The number of hydrogen-bond acceptors (Lipinski definition) is 3. The summed E-state index contributed by atoms with van der Waals surface area (Å²) in [5.41, 5.74) is 0.324. The summed E-state index contributed by atoms with van der Waals surface area (Å²) in [6, 6.07) is 16.4. The van der Waals surface area contributed by atoms with Gasteiger partial charge >= 0.3 is 12.1 Å². The number of carbonyl (C=O) groups excluding carboxylic acids is 1. The van der Waals surface area contributed by atoms with E-state index >= 15 is 0 Å². The molecular formula is C26H17Cl2F3N2O3. The van der Waals surface area contributed by atoms with Gasteiger partial charge in [0.05, 0.1) is 32.4 Å². The Balaban J connectivity index is 1.59. The fraction of sp³-hybridized carbons (Fsp3) is 0.115. The molecule has 4 aromatic rings. The van der Waals surface area contributed by atoms with Crippen LogP contribution in [0.25, 0.3) is 22.2 Å². The Morgan fingerprint density at radius 1 is 0.944 bits per heavy atom. The predicted octanol–water partition coefficient (Wildman–Crippen LogP) is 6.65. The number of fused-ring (bicyclic) bond motifs is 1. The van der Waals surface area contributed by atoms with Gasteiger partial charge in [0.25, 0.3) is 5.91 Å². The van der Waals surface area contributed by atoms with Crippen LogP contribution in [0.2, 0.25) is 10.0 Å². The van der Waals surface area contributed by atoms with Crippen molar-refractivity contribution in [3.8, 4) is 11.3 Å². The first-order valence-electron chi connectivity index (χ1n) is 10.6. The first kappa shape index (κ1) is 25.5. The molecule has 1 aromatic heterocycles. The SMILES string of the molecule is O=C(N[C@@H](Cc1ccc2nc(-c3ccccc3C(F)(F)F)ccc2c1)C(=O)O)c1c(Cl)cccc1Cl. The van der Waals surface area contributed by atoms with Gasteiger partial charge in [-0.05, 0) is 42.0 Å². The summed E-state index contributed by atoms with van der Waals surface area (Å²) in [6.07, 6.45) is -4.58. The fourth-order valence-corrected chi connectivity index (χ4v) is 4.36. The molecule has 0 bridgehead atoms. The molecule has 4 rings (SSSR count). The molecule has 0 aliphatic heterocycles. The number of hydrogen-bond donors (Lipinski definition) is 2. The lowest BCUT2D eigenvalue weighted by Crippen LogP contribution is -2.42. The quantitative estimate of drug-likeness (QED) is 0.291. The Morgan fingerprint density at radius 2 is 1.64 bits per heavy atom. The lowest BCUT2D eigenvalue weighted by Gasteiger charge is -2.16. The average molecular weight is 533 g/mol. The first-order chi connectivity index (χ1) is 17.0. The normalized spacial score (nSPS) is 12.4. The summed E-state index contributed by atoms with van der Waals surface area (Å²) in [6.45, 7) is 0. The number of carboxylic acids is 1. The topological polar surface area (TPSA) is 79.3 Å². The summed E-state index contributed by atoms with van der Waals surface area (Å²) in [4.78, 5) is 28.8. The summed E-state index contributed by atoms with van der Waals surface area (Å²) >= 11 is 12.1. The van der Waals surface area contributed by atoms with Crippen LogP contribution >= 0.6 is 23.2 Å². The smallest absolute Gasteiger partial charge is 0.417 e. The number of amides is 1. The minimum atomic E-state index is -4.53. The van der Waals surface area contributed by atoms with Crippen molar-refractivity contribution in [2.24, 2.45) is 0 Å². The zero-order valence-corrected chi connectivity index (χ0v) is 19.8. The van der Waals surface area contributed by atoms with Gasteiger partial charge in [-0.15, -0.1) is 0 Å². The van der Waals surface area contributed by atoms with Crippen LogP contribution in [0.1, 0.15) is 21.5 Å². The highest BCUT2D eigenvalue weighted by molar-refractivity contribution is 6.39. The summed E-state index contributed by atoms with van der Waals surface area (Å²) in [5, 5.41) is 12.9. The third-order valence-electron chi connectivity index (χ3n) is 5.50. The molecule has 1 heterocycles. The standard InChI is InChI=1S/C26H17Cl2F3N2O3/c27-18-6-3-7-19(28)23(18)24(34)33-22(25(35)36)13-14-8-10-20-15(12-14)9-11-21(32-20)16-4-1-2-5-17(16)26(29,30)31/h1-12,22H,13H2,(H,33,34)(H,35,36)/t22-/m0/s1. The van der Waals surface area contributed by atoms with Crippen LogP contribution < -0.4 is 5.32 Å². The van der Waals surface area contributed by atoms with Gasteiger partial charge in [-0.1, -0.05) is 59.6 Å². The predicted molar refractivity (Wildman–Crippen MR) is 131 cm³/mol. The maximum Gasteiger partial charge on any atom is 0.417 e. The van der Waals surface area contributed by atoms with Crippen molar-refractivity contribution >= 4 is 46.0 Å². The van der Waals surface area contributed by atoms with E-state index in [1.807, 2.05) is 0 Å². The number of nitrogens with one attached hydrogen (secondary N) is 1. The Hall–Kier alpha value is -3.62. The van der Waals surface area contributed by atoms with Crippen LogP contribution in [0.15, 0.2) is 72.8 Å². The highest BCUT2D eigenvalue weighted by Crippen LogP contribution is 2.36. The van der Waals surface area contributed by atoms with Crippen molar-refractivity contribution in [2.75, 3.05) is 0 Å². The molecule has 184 valence electrons. The van der Waals surface area contributed by atoms with Crippen LogP contribution in [0, 0.1) is 0 Å². The van der Waals surface area contributed by atoms with Gasteiger partial charge in [0.1, 0.15) is 6.04 Å². The van der Waals surface area contributed by atoms with E-state index < -0.39 is 29.7 Å². The Kier molecular flexibility index (Phi) is 7.19.